The van der Waals surface area contributed by atoms with Crippen molar-refractivity contribution in [2.24, 2.45) is 0 Å². The molecule has 0 unspecified atom stereocenters. The van der Waals surface area contributed by atoms with Gasteiger partial charge in [0.05, 0.1) is 6.54 Å². The van der Waals surface area contributed by atoms with E-state index in [0.717, 1.165) is 17.4 Å². The molecular weight excluding hydrogens is 310 g/mol. The van der Waals surface area contributed by atoms with E-state index in [4.69, 9.17) is 0 Å². The van der Waals surface area contributed by atoms with Crippen LogP contribution < -0.4 is 16.0 Å². The van der Waals surface area contributed by atoms with Gasteiger partial charge in [0.15, 0.2) is 0 Å². The minimum absolute atomic E-state index is 0.00551. The Morgan fingerprint density at radius 2 is 1.84 bits per heavy atom. The zero-order valence-corrected chi connectivity index (χ0v) is 12.4. The summed E-state index contributed by atoms with van der Waals surface area (Å²) in [6, 6.07) is 7.26. The van der Waals surface area contributed by atoms with Gasteiger partial charge in [0, 0.05) is 16.6 Å². The second kappa shape index (κ2) is 8.66. The van der Waals surface area contributed by atoms with Crippen LogP contribution in [0.2, 0.25) is 0 Å². The summed E-state index contributed by atoms with van der Waals surface area (Å²) in [6.45, 7) is 0.785. The summed E-state index contributed by atoms with van der Waals surface area (Å²) in [7, 11) is 1.84. The van der Waals surface area contributed by atoms with Crippen LogP contribution in [0.15, 0.2) is 28.7 Å². The van der Waals surface area contributed by atoms with Crippen LogP contribution in [0.1, 0.15) is 12.8 Å². The average molecular weight is 328 g/mol. The molecule has 1 aromatic rings. The van der Waals surface area contributed by atoms with Gasteiger partial charge in [-0.2, -0.15) is 0 Å². The maximum Gasteiger partial charge on any atom is 0.243 e. The van der Waals surface area contributed by atoms with Gasteiger partial charge in [0.1, 0.15) is 0 Å². The molecule has 0 aliphatic carbocycles. The third-order valence-electron chi connectivity index (χ3n) is 2.40. The van der Waals surface area contributed by atoms with E-state index in [0.29, 0.717) is 12.1 Å². The van der Waals surface area contributed by atoms with Gasteiger partial charge in [-0.15, -0.1) is 0 Å². The molecule has 0 aromatic heterocycles. The van der Waals surface area contributed by atoms with Crippen molar-refractivity contribution in [3.63, 3.8) is 0 Å². The van der Waals surface area contributed by atoms with E-state index in [9.17, 15) is 9.59 Å². The molecule has 0 bridgehead atoms. The molecule has 0 fully saturated rings. The highest BCUT2D eigenvalue weighted by Crippen LogP contribution is 2.13. The van der Waals surface area contributed by atoms with Gasteiger partial charge in [-0.1, -0.05) is 15.9 Å². The van der Waals surface area contributed by atoms with E-state index in [1.165, 1.54) is 0 Å². The van der Waals surface area contributed by atoms with E-state index in [2.05, 4.69) is 31.9 Å². The molecule has 0 aliphatic heterocycles. The topological polar surface area (TPSA) is 70.2 Å². The average Bonchev–Trinajstić information content (AvgIpc) is 2.39. The molecule has 0 radical (unpaired) electrons. The highest BCUT2D eigenvalue weighted by atomic mass is 79.9. The van der Waals surface area contributed by atoms with Gasteiger partial charge in [-0.25, -0.2) is 0 Å². The van der Waals surface area contributed by atoms with Crippen LogP contribution >= 0.6 is 15.9 Å². The third-order valence-corrected chi connectivity index (χ3v) is 2.93. The van der Waals surface area contributed by atoms with Crippen molar-refractivity contribution in [2.75, 3.05) is 25.5 Å². The molecule has 0 saturated carbocycles. The van der Waals surface area contributed by atoms with Crippen molar-refractivity contribution >= 4 is 33.4 Å². The molecule has 19 heavy (non-hydrogen) atoms. The Balaban J connectivity index is 2.24. The van der Waals surface area contributed by atoms with Gasteiger partial charge in [-0.05, 0) is 44.3 Å². The molecule has 104 valence electrons. The number of hydrogen-bond donors (Lipinski definition) is 3. The van der Waals surface area contributed by atoms with Crippen LogP contribution in [0.3, 0.4) is 0 Å². The van der Waals surface area contributed by atoms with Crippen molar-refractivity contribution in [2.45, 2.75) is 12.8 Å². The first kappa shape index (κ1) is 15.7. The van der Waals surface area contributed by atoms with Gasteiger partial charge in [-0.3, -0.25) is 9.59 Å². The van der Waals surface area contributed by atoms with Crippen molar-refractivity contribution in [3.8, 4) is 0 Å². The molecule has 0 spiro atoms. The maximum absolute atomic E-state index is 11.6. The minimum Gasteiger partial charge on any atom is -0.347 e. The maximum atomic E-state index is 11.6. The Bertz CT molecular complexity index is 420. The van der Waals surface area contributed by atoms with E-state index < -0.39 is 0 Å². The first-order chi connectivity index (χ1) is 9.11. The number of rotatable bonds is 7. The molecule has 5 nitrogen and oxygen atoms in total. The number of carbonyl (C=O) groups is 2. The Labute approximate surface area is 121 Å². The summed E-state index contributed by atoms with van der Waals surface area (Å²) in [5, 5.41) is 8.25. The van der Waals surface area contributed by atoms with E-state index in [1.54, 1.807) is 12.1 Å². The molecule has 3 N–H and O–H groups in total. The highest BCUT2D eigenvalue weighted by molar-refractivity contribution is 9.10. The number of benzene rings is 1. The van der Waals surface area contributed by atoms with Crippen LogP contribution in [-0.2, 0) is 9.59 Å². The number of nitrogens with one attached hydrogen (secondary N) is 3. The molecule has 0 atom stereocenters. The monoisotopic (exact) mass is 327 g/mol. The van der Waals surface area contributed by atoms with Crippen molar-refractivity contribution < 1.29 is 9.59 Å². The van der Waals surface area contributed by atoms with E-state index >= 15 is 0 Å². The van der Waals surface area contributed by atoms with Crippen LogP contribution in [-0.4, -0.2) is 32.0 Å². The highest BCUT2D eigenvalue weighted by Gasteiger charge is 2.05. The van der Waals surface area contributed by atoms with Crippen molar-refractivity contribution in [3.05, 3.63) is 28.7 Å². The number of anilines is 1. The fraction of sp³-hybridized carbons (Fsp3) is 0.385. The number of carbonyl (C=O) groups excluding carboxylic acids is 2. The molecule has 0 heterocycles. The fourth-order valence-corrected chi connectivity index (χ4v) is 1.70. The fourth-order valence-electron chi connectivity index (χ4n) is 1.43. The second-order valence-corrected chi connectivity index (χ2v) is 4.95. The van der Waals surface area contributed by atoms with E-state index in [-0.39, 0.29) is 18.4 Å². The van der Waals surface area contributed by atoms with Gasteiger partial charge in [0.2, 0.25) is 11.8 Å². The number of hydrogen-bond acceptors (Lipinski definition) is 3. The first-order valence-corrected chi connectivity index (χ1v) is 6.88. The van der Waals surface area contributed by atoms with Crippen LogP contribution in [0, 0.1) is 0 Å². The lowest BCUT2D eigenvalue weighted by molar-refractivity contribution is -0.124. The summed E-state index contributed by atoms with van der Waals surface area (Å²) in [6.07, 6.45) is 1.18. The molecule has 6 heteroatoms. The first-order valence-electron chi connectivity index (χ1n) is 6.08. The summed E-state index contributed by atoms with van der Waals surface area (Å²) >= 11 is 3.32. The van der Waals surface area contributed by atoms with Crippen LogP contribution in [0.4, 0.5) is 5.69 Å². The normalized spacial score (nSPS) is 10.0. The molecule has 1 aromatic carbocycles. The molecule has 1 rings (SSSR count). The van der Waals surface area contributed by atoms with Gasteiger partial charge in [0.25, 0.3) is 0 Å². The lowest BCUT2D eigenvalue weighted by Crippen LogP contribution is -2.33. The van der Waals surface area contributed by atoms with E-state index in [1.807, 2.05) is 19.2 Å². The Morgan fingerprint density at radius 1 is 1.16 bits per heavy atom. The predicted octanol–water partition coefficient (Wildman–Crippen LogP) is 1.50. The number of halogens is 1. The van der Waals surface area contributed by atoms with Crippen LogP contribution in [0.25, 0.3) is 0 Å². The lowest BCUT2D eigenvalue weighted by Gasteiger charge is -2.07. The molecule has 0 saturated heterocycles. The number of amides is 2. The van der Waals surface area contributed by atoms with Crippen molar-refractivity contribution in [1.29, 1.82) is 0 Å². The van der Waals surface area contributed by atoms with Gasteiger partial charge >= 0.3 is 0 Å². The predicted molar refractivity (Wildman–Crippen MR) is 78.9 cm³/mol. The van der Waals surface area contributed by atoms with Crippen LogP contribution in [0.5, 0.6) is 0 Å². The Hall–Kier alpha value is -1.40. The Kier molecular flexibility index (Phi) is 7.14. The minimum atomic E-state index is -0.232. The molecular formula is C13H18BrN3O2. The third kappa shape index (κ3) is 6.93. The van der Waals surface area contributed by atoms with Gasteiger partial charge < -0.3 is 16.0 Å². The quantitative estimate of drug-likeness (QED) is 0.665. The second-order valence-electron chi connectivity index (χ2n) is 4.04. The molecule has 0 aliphatic rings. The summed E-state index contributed by atoms with van der Waals surface area (Å²) in [5.74, 6) is -0.342. The Morgan fingerprint density at radius 3 is 2.47 bits per heavy atom. The lowest BCUT2D eigenvalue weighted by atomic mass is 10.3. The molecule has 2 amide bonds. The summed E-state index contributed by atoms with van der Waals surface area (Å²) < 4.78 is 0.948. The standard InChI is InChI=1S/C13H18BrN3O2/c1-15-8-2-3-12(18)16-9-13(19)17-11-6-4-10(14)5-7-11/h4-7,15H,2-3,8-9H2,1H3,(H,16,18)(H,17,19). The van der Waals surface area contributed by atoms with Crippen molar-refractivity contribution in [1.82, 2.24) is 10.6 Å². The smallest absolute Gasteiger partial charge is 0.243 e. The summed E-state index contributed by atoms with van der Waals surface area (Å²) in [5.41, 5.74) is 0.706. The largest absolute Gasteiger partial charge is 0.347 e. The summed E-state index contributed by atoms with van der Waals surface area (Å²) in [4.78, 5) is 23.0. The zero-order valence-electron chi connectivity index (χ0n) is 10.8. The zero-order chi connectivity index (χ0) is 14.1. The SMILES string of the molecule is CNCCCC(=O)NCC(=O)Nc1ccc(Br)cc1.